The Hall–Kier alpha value is -2.70. The van der Waals surface area contributed by atoms with Crippen LogP contribution in [0.1, 0.15) is 13.3 Å². The molecule has 1 aromatic carbocycles. The molecule has 7 heteroatoms. The summed E-state index contributed by atoms with van der Waals surface area (Å²) < 4.78 is 0. The first-order chi connectivity index (χ1) is 9.72. The van der Waals surface area contributed by atoms with Gasteiger partial charge in [-0.1, -0.05) is 25.1 Å². The predicted molar refractivity (Wildman–Crippen MR) is 77.2 cm³/mol. The number of nitrogens with zero attached hydrogens (tertiary/aromatic N) is 3. The summed E-state index contributed by atoms with van der Waals surface area (Å²) in [4.78, 5) is 18.7. The highest BCUT2D eigenvalue weighted by Gasteiger charge is 2.22. The molecule has 2 rings (SSSR count). The Bertz CT molecular complexity index is 589. The highest BCUT2D eigenvalue weighted by Crippen LogP contribution is 2.30. The zero-order chi connectivity index (χ0) is 14.4. The van der Waals surface area contributed by atoms with E-state index >= 15 is 0 Å². The van der Waals surface area contributed by atoms with Crippen molar-refractivity contribution in [2.45, 2.75) is 13.3 Å². The molecular weight excluding hydrogens is 258 g/mol. The lowest BCUT2D eigenvalue weighted by Gasteiger charge is -2.09. The standard InChI is InChI=1S/C13H15N5O2/c1-2-8-14-12-11(18(19)20)13(16-9-15-12)17-10-6-4-3-5-7-10/h3-7,9H,2,8H2,1H3,(H2,14,15,16,17). The zero-order valence-corrected chi connectivity index (χ0v) is 11.0. The lowest BCUT2D eigenvalue weighted by Crippen LogP contribution is -2.08. The summed E-state index contributed by atoms with van der Waals surface area (Å²) in [5, 5.41) is 17.1. The van der Waals surface area contributed by atoms with E-state index in [2.05, 4.69) is 20.6 Å². The third-order valence-corrected chi connectivity index (χ3v) is 2.58. The molecule has 0 amide bonds. The maximum absolute atomic E-state index is 11.2. The van der Waals surface area contributed by atoms with Crippen LogP contribution in [0, 0.1) is 10.1 Å². The van der Waals surface area contributed by atoms with Gasteiger partial charge in [0.2, 0.25) is 11.6 Å². The quantitative estimate of drug-likeness (QED) is 0.621. The second-order valence-corrected chi connectivity index (χ2v) is 4.09. The Balaban J connectivity index is 2.34. The highest BCUT2D eigenvalue weighted by atomic mass is 16.6. The van der Waals surface area contributed by atoms with Gasteiger partial charge in [0.15, 0.2) is 0 Å². The van der Waals surface area contributed by atoms with Crippen molar-refractivity contribution < 1.29 is 4.92 Å². The normalized spacial score (nSPS) is 10.1. The lowest BCUT2D eigenvalue weighted by molar-refractivity contribution is -0.383. The molecule has 0 bridgehead atoms. The molecule has 0 aliphatic carbocycles. The first-order valence-electron chi connectivity index (χ1n) is 6.27. The molecule has 1 heterocycles. The van der Waals surface area contributed by atoms with E-state index in [9.17, 15) is 10.1 Å². The van der Waals surface area contributed by atoms with E-state index in [0.29, 0.717) is 6.54 Å². The second-order valence-electron chi connectivity index (χ2n) is 4.09. The summed E-state index contributed by atoms with van der Waals surface area (Å²) in [6.07, 6.45) is 2.15. The van der Waals surface area contributed by atoms with Gasteiger partial charge in [0.1, 0.15) is 6.33 Å². The molecule has 0 aliphatic heterocycles. The SMILES string of the molecule is CCCNc1ncnc(Nc2ccccc2)c1[N+](=O)[O-]. The van der Waals surface area contributed by atoms with Crippen LogP contribution in [0.3, 0.4) is 0 Å². The first-order valence-corrected chi connectivity index (χ1v) is 6.27. The van der Waals surface area contributed by atoms with E-state index in [-0.39, 0.29) is 17.3 Å². The minimum absolute atomic E-state index is 0.148. The Morgan fingerprint density at radius 3 is 2.55 bits per heavy atom. The molecule has 0 radical (unpaired) electrons. The third-order valence-electron chi connectivity index (χ3n) is 2.58. The summed E-state index contributed by atoms with van der Waals surface area (Å²) in [7, 11) is 0. The molecule has 0 aliphatic rings. The Labute approximate surface area is 116 Å². The van der Waals surface area contributed by atoms with Gasteiger partial charge in [-0.25, -0.2) is 9.97 Å². The number of benzene rings is 1. The van der Waals surface area contributed by atoms with Gasteiger partial charge >= 0.3 is 5.69 Å². The van der Waals surface area contributed by atoms with Crippen LogP contribution < -0.4 is 10.6 Å². The van der Waals surface area contributed by atoms with Crippen molar-refractivity contribution in [3.63, 3.8) is 0 Å². The maximum atomic E-state index is 11.2. The Morgan fingerprint density at radius 2 is 1.90 bits per heavy atom. The molecule has 2 N–H and O–H groups in total. The van der Waals surface area contributed by atoms with Crippen molar-refractivity contribution in [1.82, 2.24) is 9.97 Å². The van der Waals surface area contributed by atoms with E-state index in [4.69, 9.17) is 0 Å². The van der Waals surface area contributed by atoms with Gasteiger partial charge in [0.25, 0.3) is 0 Å². The lowest BCUT2D eigenvalue weighted by atomic mass is 10.3. The first kappa shape index (κ1) is 13.7. The van der Waals surface area contributed by atoms with E-state index < -0.39 is 4.92 Å². The monoisotopic (exact) mass is 273 g/mol. The number of nitrogens with one attached hydrogen (secondary N) is 2. The van der Waals surface area contributed by atoms with Crippen LogP contribution in [0.5, 0.6) is 0 Å². The van der Waals surface area contributed by atoms with E-state index in [0.717, 1.165) is 12.1 Å². The fourth-order valence-corrected chi connectivity index (χ4v) is 1.67. The maximum Gasteiger partial charge on any atom is 0.353 e. The number of anilines is 3. The summed E-state index contributed by atoms with van der Waals surface area (Å²) >= 11 is 0. The average Bonchev–Trinajstić information content (AvgIpc) is 2.46. The number of aromatic nitrogens is 2. The molecule has 0 saturated carbocycles. The molecular formula is C13H15N5O2. The van der Waals surface area contributed by atoms with Crippen LogP contribution in [0.15, 0.2) is 36.7 Å². The van der Waals surface area contributed by atoms with Gasteiger partial charge in [-0.2, -0.15) is 0 Å². The van der Waals surface area contributed by atoms with Crippen LogP contribution >= 0.6 is 0 Å². The van der Waals surface area contributed by atoms with Gasteiger partial charge in [-0.05, 0) is 18.6 Å². The highest BCUT2D eigenvalue weighted by molar-refractivity contribution is 5.73. The van der Waals surface area contributed by atoms with Crippen molar-refractivity contribution >= 4 is 23.0 Å². The number of nitro groups is 1. The average molecular weight is 273 g/mol. The largest absolute Gasteiger partial charge is 0.364 e. The van der Waals surface area contributed by atoms with Crippen LogP contribution in [-0.4, -0.2) is 21.4 Å². The Kier molecular flexibility index (Phi) is 4.43. The summed E-state index contributed by atoms with van der Waals surface area (Å²) in [5.41, 5.74) is 0.584. The van der Waals surface area contributed by atoms with Crippen LogP contribution in [0.25, 0.3) is 0 Å². The summed E-state index contributed by atoms with van der Waals surface area (Å²) in [6, 6.07) is 9.17. The molecule has 1 aromatic heterocycles. The van der Waals surface area contributed by atoms with Crippen molar-refractivity contribution in [1.29, 1.82) is 0 Å². The van der Waals surface area contributed by atoms with Gasteiger partial charge < -0.3 is 10.6 Å². The number of rotatable bonds is 6. The molecule has 104 valence electrons. The molecule has 0 saturated heterocycles. The number of hydrogen-bond acceptors (Lipinski definition) is 6. The minimum atomic E-state index is -0.483. The van der Waals surface area contributed by atoms with Gasteiger partial charge in [-0.3, -0.25) is 10.1 Å². The number of hydrogen-bond donors (Lipinski definition) is 2. The summed E-state index contributed by atoms with van der Waals surface area (Å²) in [6.45, 7) is 2.59. The van der Waals surface area contributed by atoms with Crippen molar-refractivity contribution in [2.75, 3.05) is 17.2 Å². The van der Waals surface area contributed by atoms with E-state index in [1.807, 2.05) is 37.3 Å². The van der Waals surface area contributed by atoms with E-state index in [1.165, 1.54) is 6.33 Å². The van der Waals surface area contributed by atoms with Crippen LogP contribution in [0.4, 0.5) is 23.0 Å². The molecule has 0 spiro atoms. The topological polar surface area (TPSA) is 93.0 Å². The molecule has 0 fully saturated rings. The van der Waals surface area contributed by atoms with Crippen molar-refractivity contribution in [3.05, 3.63) is 46.8 Å². The minimum Gasteiger partial charge on any atom is -0.364 e. The molecule has 0 atom stereocenters. The Morgan fingerprint density at radius 1 is 1.20 bits per heavy atom. The molecule has 7 nitrogen and oxygen atoms in total. The molecule has 2 aromatic rings. The van der Waals surface area contributed by atoms with Crippen LogP contribution in [-0.2, 0) is 0 Å². The number of para-hydroxylation sites is 1. The fourth-order valence-electron chi connectivity index (χ4n) is 1.67. The van der Waals surface area contributed by atoms with Crippen LogP contribution in [0.2, 0.25) is 0 Å². The van der Waals surface area contributed by atoms with Crippen molar-refractivity contribution in [2.24, 2.45) is 0 Å². The fraction of sp³-hybridized carbons (Fsp3) is 0.231. The predicted octanol–water partition coefficient (Wildman–Crippen LogP) is 2.95. The van der Waals surface area contributed by atoms with Gasteiger partial charge in [-0.15, -0.1) is 0 Å². The van der Waals surface area contributed by atoms with Crippen molar-refractivity contribution in [3.8, 4) is 0 Å². The van der Waals surface area contributed by atoms with Gasteiger partial charge in [0, 0.05) is 12.2 Å². The third kappa shape index (κ3) is 3.19. The molecule has 0 unspecified atom stereocenters. The van der Waals surface area contributed by atoms with E-state index in [1.54, 1.807) is 0 Å². The summed E-state index contributed by atoms with van der Waals surface area (Å²) in [5.74, 6) is 0.403. The van der Waals surface area contributed by atoms with Gasteiger partial charge in [0.05, 0.1) is 4.92 Å². The smallest absolute Gasteiger partial charge is 0.353 e. The zero-order valence-electron chi connectivity index (χ0n) is 11.0. The second kappa shape index (κ2) is 6.46. The molecule has 20 heavy (non-hydrogen) atoms.